The Labute approximate surface area is 183 Å². The van der Waals surface area contributed by atoms with E-state index in [9.17, 15) is 18.0 Å². The van der Waals surface area contributed by atoms with Crippen molar-refractivity contribution in [3.05, 3.63) is 83.4 Å². The minimum atomic E-state index is -3.38. The standard InChI is InChI=1S/C23H27N3O4S/c1-2-22(27)24-16-19-10-5-6-12-21(19)23(28)25-15-18-9-3-4-11-20(18)17-31(29,30)26-13-7-8-14-26/h2-6,9-12H,1,7-8,13-17H2,(H,24,27)(H,25,28). The molecule has 2 aromatic carbocycles. The Hall–Kier alpha value is -2.97. The lowest BCUT2D eigenvalue weighted by atomic mass is 10.1. The minimum absolute atomic E-state index is 0.0801. The van der Waals surface area contributed by atoms with Gasteiger partial charge in [0, 0.05) is 31.7 Å². The van der Waals surface area contributed by atoms with Crippen molar-refractivity contribution in [3.63, 3.8) is 0 Å². The summed E-state index contributed by atoms with van der Waals surface area (Å²) in [6.07, 6.45) is 2.96. The van der Waals surface area contributed by atoms with Gasteiger partial charge in [0.2, 0.25) is 15.9 Å². The van der Waals surface area contributed by atoms with Gasteiger partial charge in [0.1, 0.15) is 0 Å². The molecule has 0 unspecified atom stereocenters. The molecule has 0 aliphatic carbocycles. The highest BCUT2D eigenvalue weighted by molar-refractivity contribution is 7.88. The van der Waals surface area contributed by atoms with Crippen LogP contribution in [0.15, 0.2) is 61.2 Å². The molecule has 0 saturated carbocycles. The largest absolute Gasteiger partial charge is 0.348 e. The summed E-state index contributed by atoms with van der Waals surface area (Å²) >= 11 is 0. The van der Waals surface area contributed by atoms with Gasteiger partial charge in [0.05, 0.1) is 5.75 Å². The van der Waals surface area contributed by atoms with Gasteiger partial charge in [-0.1, -0.05) is 49.0 Å². The van der Waals surface area contributed by atoms with Gasteiger partial charge in [0.15, 0.2) is 0 Å². The molecule has 1 heterocycles. The third-order valence-corrected chi connectivity index (χ3v) is 7.08. The minimum Gasteiger partial charge on any atom is -0.348 e. The van der Waals surface area contributed by atoms with E-state index in [1.807, 2.05) is 12.1 Å². The van der Waals surface area contributed by atoms with E-state index in [1.54, 1.807) is 36.4 Å². The van der Waals surface area contributed by atoms with Crippen molar-refractivity contribution in [1.82, 2.24) is 14.9 Å². The van der Waals surface area contributed by atoms with Gasteiger partial charge < -0.3 is 10.6 Å². The first-order valence-corrected chi connectivity index (χ1v) is 11.8. The maximum atomic E-state index is 12.8. The summed E-state index contributed by atoms with van der Waals surface area (Å²) in [7, 11) is -3.38. The molecular formula is C23H27N3O4S. The number of benzene rings is 2. The first-order chi connectivity index (χ1) is 14.9. The fraction of sp³-hybridized carbons (Fsp3) is 0.304. The molecule has 0 atom stereocenters. The molecule has 1 fully saturated rings. The number of sulfonamides is 1. The van der Waals surface area contributed by atoms with E-state index in [0.29, 0.717) is 29.8 Å². The fourth-order valence-corrected chi connectivity index (χ4v) is 5.22. The van der Waals surface area contributed by atoms with Crippen LogP contribution < -0.4 is 10.6 Å². The fourth-order valence-electron chi connectivity index (χ4n) is 3.55. The molecule has 8 heteroatoms. The molecule has 0 bridgehead atoms. The Balaban J connectivity index is 1.69. The first-order valence-electron chi connectivity index (χ1n) is 10.2. The molecule has 2 N–H and O–H groups in total. The van der Waals surface area contributed by atoms with Gasteiger partial charge in [-0.25, -0.2) is 12.7 Å². The summed E-state index contributed by atoms with van der Waals surface area (Å²) in [6, 6.07) is 14.3. The van der Waals surface area contributed by atoms with Crippen LogP contribution in [0, 0.1) is 0 Å². The number of rotatable bonds is 9. The van der Waals surface area contributed by atoms with Gasteiger partial charge in [-0.05, 0) is 41.7 Å². The van der Waals surface area contributed by atoms with E-state index in [1.165, 1.54) is 10.4 Å². The van der Waals surface area contributed by atoms with Crippen molar-refractivity contribution < 1.29 is 18.0 Å². The zero-order valence-electron chi connectivity index (χ0n) is 17.3. The van der Waals surface area contributed by atoms with Gasteiger partial charge >= 0.3 is 0 Å². The lowest BCUT2D eigenvalue weighted by molar-refractivity contribution is -0.116. The Bertz CT molecular complexity index is 1060. The molecule has 0 radical (unpaired) electrons. The van der Waals surface area contributed by atoms with E-state index in [4.69, 9.17) is 0 Å². The Morgan fingerprint density at radius 1 is 0.903 bits per heavy atom. The topological polar surface area (TPSA) is 95.6 Å². The van der Waals surface area contributed by atoms with Gasteiger partial charge in [-0.15, -0.1) is 0 Å². The molecular weight excluding hydrogens is 414 g/mol. The predicted octanol–water partition coefficient (Wildman–Crippen LogP) is 2.34. The van der Waals surface area contributed by atoms with Crippen LogP contribution in [-0.4, -0.2) is 37.6 Å². The second-order valence-corrected chi connectivity index (χ2v) is 9.36. The average Bonchev–Trinajstić information content (AvgIpc) is 3.33. The van der Waals surface area contributed by atoms with Gasteiger partial charge in [-0.2, -0.15) is 0 Å². The first kappa shape index (κ1) is 22.7. The van der Waals surface area contributed by atoms with Crippen molar-refractivity contribution in [1.29, 1.82) is 0 Å². The molecule has 2 amide bonds. The Kier molecular flexibility index (Phi) is 7.59. The van der Waals surface area contributed by atoms with Crippen LogP contribution in [0.25, 0.3) is 0 Å². The summed E-state index contributed by atoms with van der Waals surface area (Å²) in [5.74, 6) is -0.688. The van der Waals surface area contributed by atoms with E-state index in [0.717, 1.165) is 18.4 Å². The SMILES string of the molecule is C=CC(=O)NCc1ccccc1C(=O)NCc1ccccc1CS(=O)(=O)N1CCCC1. The van der Waals surface area contributed by atoms with E-state index in [2.05, 4.69) is 17.2 Å². The monoisotopic (exact) mass is 441 g/mol. The second kappa shape index (κ2) is 10.4. The summed E-state index contributed by atoms with van der Waals surface area (Å²) in [4.78, 5) is 24.2. The zero-order chi connectivity index (χ0) is 22.3. The van der Waals surface area contributed by atoms with E-state index in [-0.39, 0.29) is 30.7 Å². The van der Waals surface area contributed by atoms with Crippen molar-refractivity contribution in [2.75, 3.05) is 13.1 Å². The smallest absolute Gasteiger partial charge is 0.251 e. The highest BCUT2D eigenvalue weighted by Crippen LogP contribution is 2.19. The molecule has 1 aliphatic rings. The molecule has 31 heavy (non-hydrogen) atoms. The second-order valence-electron chi connectivity index (χ2n) is 7.39. The van der Waals surface area contributed by atoms with E-state index >= 15 is 0 Å². The van der Waals surface area contributed by atoms with Crippen LogP contribution in [-0.2, 0) is 33.7 Å². The third-order valence-electron chi connectivity index (χ3n) is 5.25. The molecule has 0 aromatic heterocycles. The normalized spacial score (nSPS) is 14.2. The summed E-state index contributed by atoms with van der Waals surface area (Å²) in [5, 5.41) is 5.54. The quantitative estimate of drug-likeness (QED) is 0.584. The van der Waals surface area contributed by atoms with Crippen molar-refractivity contribution >= 4 is 21.8 Å². The summed E-state index contributed by atoms with van der Waals surface area (Å²) in [6.45, 7) is 4.97. The summed E-state index contributed by atoms with van der Waals surface area (Å²) < 4.78 is 27.0. The average molecular weight is 442 g/mol. The Morgan fingerprint density at radius 3 is 2.16 bits per heavy atom. The number of nitrogens with zero attached hydrogens (tertiary/aromatic N) is 1. The predicted molar refractivity (Wildman–Crippen MR) is 120 cm³/mol. The number of hydrogen-bond acceptors (Lipinski definition) is 4. The molecule has 3 rings (SSSR count). The van der Waals surface area contributed by atoms with Crippen LogP contribution in [0.1, 0.15) is 39.9 Å². The van der Waals surface area contributed by atoms with Crippen LogP contribution in [0.5, 0.6) is 0 Å². The number of carbonyl (C=O) groups is 2. The highest BCUT2D eigenvalue weighted by Gasteiger charge is 2.26. The molecule has 164 valence electrons. The van der Waals surface area contributed by atoms with Gasteiger partial charge in [-0.3, -0.25) is 9.59 Å². The Morgan fingerprint density at radius 2 is 1.48 bits per heavy atom. The van der Waals surface area contributed by atoms with Crippen molar-refractivity contribution in [2.45, 2.75) is 31.7 Å². The van der Waals surface area contributed by atoms with Crippen LogP contribution >= 0.6 is 0 Å². The zero-order valence-corrected chi connectivity index (χ0v) is 18.2. The lowest BCUT2D eigenvalue weighted by Gasteiger charge is -2.17. The van der Waals surface area contributed by atoms with Crippen molar-refractivity contribution in [2.24, 2.45) is 0 Å². The van der Waals surface area contributed by atoms with Crippen molar-refractivity contribution in [3.8, 4) is 0 Å². The van der Waals surface area contributed by atoms with Gasteiger partial charge in [0.25, 0.3) is 5.91 Å². The number of carbonyl (C=O) groups excluding carboxylic acids is 2. The lowest BCUT2D eigenvalue weighted by Crippen LogP contribution is -2.30. The summed E-state index contributed by atoms with van der Waals surface area (Å²) in [5.41, 5.74) is 2.58. The van der Waals surface area contributed by atoms with E-state index < -0.39 is 10.0 Å². The molecule has 7 nitrogen and oxygen atoms in total. The maximum Gasteiger partial charge on any atom is 0.251 e. The number of nitrogens with one attached hydrogen (secondary N) is 2. The molecule has 1 aliphatic heterocycles. The molecule has 2 aromatic rings. The third kappa shape index (κ3) is 6.02. The maximum absolute atomic E-state index is 12.8. The highest BCUT2D eigenvalue weighted by atomic mass is 32.2. The van der Waals surface area contributed by atoms with Crippen LogP contribution in [0.3, 0.4) is 0 Å². The van der Waals surface area contributed by atoms with Crippen LogP contribution in [0.2, 0.25) is 0 Å². The number of hydrogen-bond donors (Lipinski definition) is 2. The molecule has 0 spiro atoms. The number of amides is 2. The molecule has 1 saturated heterocycles. The van der Waals surface area contributed by atoms with Crippen LogP contribution in [0.4, 0.5) is 0 Å².